The van der Waals surface area contributed by atoms with Gasteiger partial charge in [0.15, 0.2) is 0 Å². The lowest BCUT2D eigenvalue weighted by Gasteiger charge is -2.15. The normalized spacial score (nSPS) is 22.2. The Labute approximate surface area is 114 Å². The van der Waals surface area contributed by atoms with Gasteiger partial charge >= 0.3 is 0 Å². The van der Waals surface area contributed by atoms with Crippen LogP contribution in [0.1, 0.15) is 11.3 Å². The van der Waals surface area contributed by atoms with Crippen LogP contribution in [0.4, 0.5) is 0 Å². The highest BCUT2D eigenvalue weighted by Gasteiger charge is 2.33. The molecule has 4 nitrogen and oxygen atoms in total. The number of hydrogen-bond donors (Lipinski definition) is 1. The monoisotopic (exact) mass is 338 g/mol. The number of halogens is 1. The molecule has 0 spiro atoms. The molecule has 1 unspecified atom stereocenters. The average molecular weight is 339 g/mol. The van der Waals surface area contributed by atoms with Crippen molar-refractivity contribution in [1.29, 1.82) is 0 Å². The van der Waals surface area contributed by atoms with Crippen LogP contribution in [0, 0.1) is 12.8 Å². The van der Waals surface area contributed by atoms with Gasteiger partial charge in [-0.3, -0.25) is 0 Å². The summed E-state index contributed by atoms with van der Waals surface area (Å²) in [5, 5.41) is 0. The van der Waals surface area contributed by atoms with Crippen LogP contribution in [0.15, 0.2) is 14.7 Å². The minimum atomic E-state index is -3.33. The van der Waals surface area contributed by atoms with Crippen molar-refractivity contribution in [2.45, 2.75) is 18.2 Å². The number of rotatable bonds is 3. The van der Waals surface area contributed by atoms with E-state index in [-0.39, 0.29) is 0 Å². The molecule has 0 aliphatic carbocycles. The zero-order valence-electron chi connectivity index (χ0n) is 9.52. The van der Waals surface area contributed by atoms with Crippen LogP contribution in [-0.2, 0) is 10.0 Å². The Morgan fingerprint density at radius 2 is 2.35 bits per heavy atom. The number of aryl methyl sites for hydroxylation is 1. The fourth-order valence-corrected chi connectivity index (χ4v) is 5.95. The fourth-order valence-electron chi connectivity index (χ4n) is 2.03. The largest absolute Gasteiger partial charge is 0.330 e. The Bertz CT molecular complexity index is 512. The molecule has 1 aromatic rings. The summed E-state index contributed by atoms with van der Waals surface area (Å²) in [6.07, 6.45) is 0.861. The van der Waals surface area contributed by atoms with Gasteiger partial charge in [-0.1, -0.05) is 0 Å². The van der Waals surface area contributed by atoms with Gasteiger partial charge < -0.3 is 5.73 Å². The zero-order chi connectivity index (χ0) is 12.6. The minimum Gasteiger partial charge on any atom is -0.330 e. The predicted molar refractivity (Wildman–Crippen MR) is 72.7 cm³/mol. The molecule has 1 atom stereocenters. The third kappa shape index (κ3) is 2.58. The van der Waals surface area contributed by atoms with Crippen molar-refractivity contribution >= 4 is 37.3 Å². The van der Waals surface area contributed by atoms with Gasteiger partial charge in [-0.25, -0.2) is 8.42 Å². The van der Waals surface area contributed by atoms with E-state index in [1.807, 2.05) is 6.92 Å². The van der Waals surface area contributed by atoms with Crippen molar-refractivity contribution in [2.75, 3.05) is 19.6 Å². The van der Waals surface area contributed by atoms with E-state index in [2.05, 4.69) is 15.9 Å². The molecule has 2 N–H and O–H groups in total. The lowest BCUT2D eigenvalue weighted by molar-refractivity contribution is 0.459. The van der Waals surface area contributed by atoms with Gasteiger partial charge in [-0.05, 0) is 47.8 Å². The van der Waals surface area contributed by atoms with Gasteiger partial charge in [-0.2, -0.15) is 4.31 Å². The number of sulfonamides is 1. The molecule has 2 heterocycles. The van der Waals surface area contributed by atoms with Crippen LogP contribution in [0.2, 0.25) is 0 Å². The molecule has 1 saturated heterocycles. The molecular weight excluding hydrogens is 324 g/mol. The molecule has 96 valence electrons. The van der Waals surface area contributed by atoms with E-state index in [0.29, 0.717) is 30.4 Å². The van der Waals surface area contributed by atoms with Gasteiger partial charge in [0.25, 0.3) is 0 Å². The highest BCUT2D eigenvalue weighted by Crippen LogP contribution is 2.33. The van der Waals surface area contributed by atoms with Gasteiger partial charge in [0.2, 0.25) is 10.0 Å². The van der Waals surface area contributed by atoms with Crippen LogP contribution in [0.3, 0.4) is 0 Å². The Morgan fingerprint density at radius 3 is 2.82 bits per heavy atom. The quantitative estimate of drug-likeness (QED) is 0.913. The van der Waals surface area contributed by atoms with Crippen molar-refractivity contribution in [2.24, 2.45) is 11.7 Å². The van der Waals surface area contributed by atoms with Crippen LogP contribution >= 0.6 is 27.3 Å². The van der Waals surface area contributed by atoms with Gasteiger partial charge in [-0.15, -0.1) is 11.3 Å². The first kappa shape index (κ1) is 13.5. The van der Waals surface area contributed by atoms with Crippen molar-refractivity contribution in [3.63, 3.8) is 0 Å². The summed E-state index contributed by atoms with van der Waals surface area (Å²) in [7, 11) is -3.33. The van der Waals surface area contributed by atoms with E-state index in [1.54, 1.807) is 10.4 Å². The second kappa shape index (κ2) is 4.97. The summed E-state index contributed by atoms with van der Waals surface area (Å²) >= 11 is 4.77. The summed E-state index contributed by atoms with van der Waals surface area (Å²) in [6, 6.07) is 1.69. The highest BCUT2D eigenvalue weighted by atomic mass is 79.9. The second-order valence-corrected chi connectivity index (χ2v) is 8.77. The fraction of sp³-hybridized carbons (Fsp3) is 0.600. The third-order valence-corrected chi connectivity index (χ3v) is 6.72. The topological polar surface area (TPSA) is 63.4 Å². The van der Waals surface area contributed by atoms with Crippen molar-refractivity contribution in [1.82, 2.24) is 4.31 Å². The molecule has 17 heavy (non-hydrogen) atoms. The standard InChI is InChI=1S/C10H15BrN2O2S2/c1-7-9(4-10(11)16-7)17(14,15)13-3-2-8(5-12)6-13/h4,8H,2-3,5-6,12H2,1H3. The van der Waals surface area contributed by atoms with E-state index < -0.39 is 10.0 Å². The molecule has 0 amide bonds. The summed E-state index contributed by atoms with van der Waals surface area (Å²) in [4.78, 5) is 1.25. The van der Waals surface area contributed by atoms with E-state index in [1.165, 1.54) is 11.3 Å². The molecule has 0 radical (unpaired) electrons. The molecular formula is C10H15BrN2O2S2. The maximum atomic E-state index is 12.4. The Kier molecular flexibility index (Phi) is 3.94. The number of hydrogen-bond acceptors (Lipinski definition) is 4. The molecule has 0 aromatic carbocycles. The van der Waals surface area contributed by atoms with E-state index in [0.717, 1.165) is 15.1 Å². The van der Waals surface area contributed by atoms with Crippen LogP contribution in [-0.4, -0.2) is 32.4 Å². The molecule has 7 heteroatoms. The first-order valence-corrected chi connectivity index (χ1v) is 8.46. The van der Waals surface area contributed by atoms with Gasteiger partial charge in [0.1, 0.15) is 0 Å². The number of nitrogens with two attached hydrogens (primary N) is 1. The summed E-state index contributed by atoms with van der Waals surface area (Å²) in [5.74, 6) is 0.298. The Morgan fingerprint density at radius 1 is 1.65 bits per heavy atom. The van der Waals surface area contributed by atoms with Crippen LogP contribution in [0.25, 0.3) is 0 Å². The SMILES string of the molecule is Cc1sc(Br)cc1S(=O)(=O)N1CCC(CN)C1. The zero-order valence-corrected chi connectivity index (χ0v) is 12.7. The summed E-state index contributed by atoms with van der Waals surface area (Å²) in [5.41, 5.74) is 5.59. The van der Waals surface area contributed by atoms with E-state index in [4.69, 9.17) is 5.73 Å². The van der Waals surface area contributed by atoms with E-state index >= 15 is 0 Å². The first-order chi connectivity index (χ1) is 7.95. The Balaban J connectivity index is 2.28. The number of thiophene rings is 1. The molecule has 2 rings (SSSR count). The van der Waals surface area contributed by atoms with E-state index in [9.17, 15) is 8.42 Å². The molecule has 1 aromatic heterocycles. The maximum absolute atomic E-state index is 12.4. The molecule has 1 aliphatic heterocycles. The van der Waals surface area contributed by atoms with Crippen molar-refractivity contribution < 1.29 is 8.42 Å². The van der Waals surface area contributed by atoms with Crippen molar-refractivity contribution in [3.8, 4) is 0 Å². The minimum absolute atomic E-state index is 0.298. The average Bonchev–Trinajstić information content (AvgIpc) is 2.85. The predicted octanol–water partition coefficient (Wildman–Crippen LogP) is 1.79. The number of nitrogens with zero attached hydrogens (tertiary/aromatic N) is 1. The first-order valence-electron chi connectivity index (χ1n) is 5.41. The lowest BCUT2D eigenvalue weighted by atomic mass is 10.1. The van der Waals surface area contributed by atoms with Crippen molar-refractivity contribution in [3.05, 3.63) is 14.7 Å². The van der Waals surface area contributed by atoms with Gasteiger partial charge in [0.05, 0.1) is 8.68 Å². The molecule has 0 saturated carbocycles. The summed E-state index contributed by atoms with van der Waals surface area (Å²) < 4.78 is 27.2. The second-order valence-electron chi connectivity index (χ2n) is 4.22. The maximum Gasteiger partial charge on any atom is 0.244 e. The van der Waals surface area contributed by atoms with Crippen LogP contribution in [0.5, 0.6) is 0 Å². The molecule has 1 aliphatic rings. The Hall–Kier alpha value is 0.0500. The molecule has 0 bridgehead atoms. The highest BCUT2D eigenvalue weighted by molar-refractivity contribution is 9.11. The van der Waals surface area contributed by atoms with Crippen LogP contribution < -0.4 is 5.73 Å². The lowest BCUT2D eigenvalue weighted by Crippen LogP contribution is -2.30. The smallest absolute Gasteiger partial charge is 0.244 e. The third-order valence-electron chi connectivity index (χ3n) is 3.04. The summed E-state index contributed by atoms with van der Waals surface area (Å²) in [6.45, 7) is 3.51. The molecule has 1 fully saturated rings. The van der Waals surface area contributed by atoms with Gasteiger partial charge in [0, 0.05) is 18.0 Å².